The Morgan fingerprint density at radius 2 is 1.85 bits per heavy atom. The number of nitrogens with one attached hydrogen (secondary N) is 1. The van der Waals surface area contributed by atoms with Crippen LogP contribution in [-0.4, -0.2) is 23.0 Å². The van der Waals surface area contributed by atoms with E-state index in [2.05, 4.69) is 17.4 Å². The van der Waals surface area contributed by atoms with Crippen LogP contribution >= 0.6 is 0 Å². The minimum atomic E-state index is -0.0736. The maximum absolute atomic E-state index is 12.1. The number of nitrogens with two attached hydrogens (primary N) is 1. The first-order valence-electron chi connectivity index (χ1n) is 7.00. The summed E-state index contributed by atoms with van der Waals surface area (Å²) < 4.78 is 0. The molecule has 4 N–H and O–H groups in total. The van der Waals surface area contributed by atoms with Crippen LogP contribution < -0.4 is 11.1 Å². The second kappa shape index (κ2) is 6.41. The Kier molecular flexibility index (Phi) is 4.61. The van der Waals surface area contributed by atoms with Crippen LogP contribution in [0.2, 0.25) is 0 Å². The van der Waals surface area contributed by atoms with E-state index in [9.17, 15) is 4.79 Å². The molecule has 1 fully saturated rings. The van der Waals surface area contributed by atoms with E-state index in [1.54, 1.807) is 24.3 Å². The number of amidine groups is 1. The van der Waals surface area contributed by atoms with Crippen LogP contribution in [0.1, 0.15) is 48.5 Å². The van der Waals surface area contributed by atoms with Gasteiger partial charge in [0.25, 0.3) is 5.91 Å². The number of nitrogens with zero attached hydrogens (tertiary/aromatic N) is 1. The largest absolute Gasteiger partial charge is 0.409 e. The second-order valence-corrected chi connectivity index (χ2v) is 5.37. The maximum Gasteiger partial charge on any atom is 0.251 e. The Balaban J connectivity index is 1.98. The fraction of sp³-hybridized carbons (Fsp3) is 0.467. The van der Waals surface area contributed by atoms with Crippen molar-refractivity contribution in [2.24, 2.45) is 16.8 Å². The summed E-state index contributed by atoms with van der Waals surface area (Å²) in [6, 6.07) is 6.91. The summed E-state index contributed by atoms with van der Waals surface area (Å²) in [4.78, 5) is 12.1. The number of oxime groups is 1. The molecule has 1 aromatic rings. The number of benzene rings is 1. The van der Waals surface area contributed by atoms with Crippen LogP contribution in [0.25, 0.3) is 0 Å². The molecule has 1 aliphatic carbocycles. The molecule has 2 rings (SSSR count). The quantitative estimate of drug-likeness (QED) is 0.340. The molecule has 1 atom stereocenters. The molecular weight excluding hydrogens is 254 g/mol. The van der Waals surface area contributed by atoms with Crippen molar-refractivity contribution in [1.29, 1.82) is 0 Å². The summed E-state index contributed by atoms with van der Waals surface area (Å²) in [5.74, 6) is 0.558. The molecule has 5 heteroatoms. The summed E-state index contributed by atoms with van der Waals surface area (Å²) in [5.41, 5.74) is 6.66. The van der Waals surface area contributed by atoms with E-state index in [1.165, 1.54) is 25.7 Å². The normalized spacial score (nSPS) is 17.9. The number of hydrogen-bond acceptors (Lipinski definition) is 3. The molecule has 1 aliphatic rings. The Bertz CT molecular complexity index is 490. The molecule has 0 saturated heterocycles. The van der Waals surface area contributed by atoms with Crippen LogP contribution in [0.3, 0.4) is 0 Å². The molecule has 0 radical (unpaired) electrons. The van der Waals surface area contributed by atoms with Crippen molar-refractivity contribution in [1.82, 2.24) is 5.32 Å². The van der Waals surface area contributed by atoms with Gasteiger partial charge < -0.3 is 16.3 Å². The molecule has 5 nitrogen and oxygen atoms in total. The number of rotatable bonds is 4. The van der Waals surface area contributed by atoms with Crippen molar-refractivity contribution in [3.63, 3.8) is 0 Å². The summed E-state index contributed by atoms with van der Waals surface area (Å²) in [6.45, 7) is 2.07. The molecule has 0 heterocycles. The van der Waals surface area contributed by atoms with Crippen LogP contribution in [0.15, 0.2) is 29.4 Å². The zero-order valence-corrected chi connectivity index (χ0v) is 11.7. The van der Waals surface area contributed by atoms with E-state index in [-0.39, 0.29) is 17.8 Å². The summed E-state index contributed by atoms with van der Waals surface area (Å²) in [6.07, 6.45) is 4.92. The Morgan fingerprint density at radius 1 is 1.30 bits per heavy atom. The average Bonchev–Trinajstić information content (AvgIpc) is 3.01. The van der Waals surface area contributed by atoms with Gasteiger partial charge in [0.05, 0.1) is 0 Å². The standard InChI is InChI=1S/C15H21N3O2/c1-10(11-4-2-3-5-11)17-15(19)13-8-6-12(7-9-13)14(16)18-20/h6-11,20H,2-5H2,1H3,(H2,16,18)(H,17,19). The van der Waals surface area contributed by atoms with Gasteiger partial charge >= 0.3 is 0 Å². The molecule has 0 aliphatic heterocycles. The molecule has 1 aromatic carbocycles. The van der Waals surface area contributed by atoms with Crippen LogP contribution in [0.5, 0.6) is 0 Å². The molecule has 1 saturated carbocycles. The van der Waals surface area contributed by atoms with Crippen molar-refractivity contribution < 1.29 is 10.0 Å². The first-order valence-corrected chi connectivity index (χ1v) is 7.00. The highest BCUT2D eigenvalue weighted by Gasteiger charge is 2.23. The van der Waals surface area contributed by atoms with Crippen molar-refractivity contribution in [3.05, 3.63) is 35.4 Å². The van der Waals surface area contributed by atoms with Gasteiger partial charge in [-0.1, -0.05) is 30.1 Å². The van der Waals surface area contributed by atoms with E-state index in [0.29, 0.717) is 17.0 Å². The van der Waals surface area contributed by atoms with Gasteiger partial charge in [-0.15, -0.1) is 0 Å². The van der Waals surface area contributed by atoms with Crippen LogP contribution in [0.4, 0.5) is 0 Å². The van der Waals surface area contributed by atoms with Gasteiger partial charge in [-0.2, -0.15) is 0 Å². The topological polar surface area (TPSA) is 87.7 Å². The molecule has 0 aromatic heterocycles. The Morgan fingerprint density at radius 3 is 2.40 bits per heavy atom. The monoisotopic (exact) mass is 275 g/mol. The van der Waals surface area contributed by atoms with Gasteiger partial charge in [0.1, 0.15) is 0 Å². The summed E-state index contributed by atoms with van der Waals surface area (Å²) in [5, 5.41) is 14.6. The fourth-order valence-corrected chi connectivity index (χ4v) is 2.72. The van der Waals surface area contributed by atoms with Crippen LogP contribution in [0, 0.1) is 5.92 Å². The Labute approximate surface area is 118 Å². The first kappa shape index (κ1) is 14.4. The first-order chi connectivity index (χ1) is 9.61. The lowest BCUT2D eigenvalue weighted by atomic mass is 9.99. The summed E-state index contributed by atoms with van der Waals surface area (Å²) in [7, 11) is 0. The third-order valence-electron chi connectivity index (χ3n) is 4.02. The van der Waals surface area contributed by atoms with Gasteiger partial charge in [-0.3, -0.25) is 4.79 Å². The lowest BCUT2D eigenvalue weighted by molar-refractivity contribution is 0.0927. The van der Waals surface area contributed by atoms with E-state index < -0.39 is 0 Å². The van der Waals surface area contributed by atoms with E-state index in [0.717, 1.165) is 0 Å². The zero-order chi connectivity index (χ0) is 14.5. The van der Waals surface area contributed by atoms with Gasteiger partial charge in [0.2, 0.25) is 0 Å². The van der Waals surface area contributed by atoms with Gasteiger partial charge in [-0.25, -0.2) is 0 Å². The van der Waals surface area contributed by atoms with Crippen molar-refractivity contribution in [3.8, 4) is 0 Å². The molecule has 108 valence electrons. The van der Waals surface area contributed by atoms with Crippen LogP contribution in [-0.2, 0) is 0 Å². The SMILES string of the molecule is CC(NC(=O)c1ccc(C(N)=NO)cc1)C1CCCC1. The molecule has 0 bridgehead atoms. The third-order valence-corrected chi connectivity index (χ3v) is 4.02. The second-order valence-electron chi connectivity index (χ2n) is 5.37. The highest BCUT2D eigenvalue weighted by Crippen LogP contribution is 2.27. The van der Waals surface area contributed by atoms with Crippen molar-refractivity contribution in [2.75, 3.05) is 0 Å². The smallest absolute Gasteiger partial charge is 0.251 e. The van der Waals surface area contributed by atoms with E-state index in [4.69, 9.17) is 10.9 Å². The Hall–Kier alpha value is -2.04. The molecule has 20 heavy (non-hydrogen) atoms. The highest BCUT2D eigenvalue weighted by molar-refractivity contribution is 5.99. The minimum Gasteiger partial charge on any atom is -0.409 e. The zero-order valence-electron chi connectivity index (χ0n) is 11.7. The molecule has 0 spiro atoms. The predicted octanol–water partition coefficient (Wildman–Crippen LogP) is 2.09. The summed E-state index contributed by atoms with van der Waals surface area (Å²) >= 11 is 0. The van der Waals surface area contributed by atoms with Gasteiger partial charge in [-0.05, 0) is 37.8 Å². The van der Waals surface area contributed by atoms with E-state index >= 15 is 0 Å². The third kappa shape index (κ3) is 3.29. The minimum absolute atomic E-state index is 0.0382. The molecule has 1 amide bonds. The highest BCUT2D eigenvalue weighted by atomic mass is 16.4. The van der Waals surface area contributed by atoms with Gasteiger partial charge in [0, 0.05) is 17.2 Å². The fourth-order valence-electron chi connectivity index (χ4n) is 2.72. The number of hydrogen-bond donors (Lipinski definition) is 3. The van der Waals surface area contributed by atoms with E-state index in [1.807, 2.05) is 0 Å². The lowest BCUT2D eigenvalue weighted by Crippen LogP contribution is -2.37. The lowest BCUT2D eigenvalue weighted by Gasteiger charge is -2.20. The predicted molar refractivity (Wildman–Crippen MR) is 77.8 cm³/mol. The van der Waals surface area contributed by atoms with Crippen molar-refractivity contribution >= 4 is 11.7 Å². The average molecular weight is 275 g/mol. The molecule has 1 unspecified atom stereocenters. The number of carbonyl (C=O) groups excluding carboxylic acids is 1. The molecular formula is C15H21N3O2. The number of amides is 1. The van der Waals surface area contributed by atoms with Crippen molar-refractivity contribution in [2.45, 2.75) is 38.6 Å². The van der Waals surface area contributed by atoms with Gasteiger partial charge in [0.15, 0.2) is 5.84 Å². The number of carbonyl (C=O) groups is 1. The maximum atomic E-state index is 12.1.